The molecule has 0 fully saturated rings. The minimum Gasteiger partial charge on any atom is -0.479 e. The fourth-order valence-corrected chi connectivity index (χ4v) is 2.69. The SMILES string of the molecule is CCCCCCCCCCCCCCC[C@@H](OC)C(=O)O. The van der Waals surface area contributed by atoms with Gasteiger partial charge in [0.15, 0.2) is 6.10 Å². The summed E-state index contributed by atoms with van der Waals surface area (Å²) in [4.78, 5) is 10.8. The van der Waals surface area contributed by atoms with Gasteiger partial charge >= 0.3 is 5.97 Å². The van der Waals surface area contributed by atoms with Crippen molar-refractivity contribution >= 4 is 5.97 Å². The van der Waals surface area contributed by atoms with Crippen molar-refractivity contribution < 1.29 is 14.6 Å². The first kappa shape index (κ1) is 20.4. The highest BCUT2D eigenvalue weighted by Crippen LogP contribution is 2.13. The molecule has 0 amide bonds. The number of methoxy groups -OCH3 is 1. The normalized spacial score (nSPS) is 12.5. The smallest absolute Gasteiger partial charge is 0.332 e. The third-order valence-corrected chi connectivity index (χ3v) is 4.13. The zero-order chi connectivity index (χ0) is 15.8. The number of aliphatic carboxylic acids is 1. The van der Waals surface area contributed by atoms with E-state index in [4.69, 9.17) is 9.84 Å². The Bertz CT molecular complexity index is 229. The number of hydrogen-bond acceptors (Lipinski definition) is 2. The molecule has 0 saturated heterocycles. The number of unbranched alkanes of at least 4 members (excludes halogenated alkanes) is 12. The molecular formula is C18H36O3. The lowest BCUT2D eigenvalue weighted by Gasteiger charge is -2.09. The van der Waals surface area contributed by atoms with Crippen molar-refractivity contribution in [2.75, 3.05) is 7.11 Å². The summed E-state index contributed by atoms with van der Waals surface area (Å²) in [5.41, 5.74) is 0. The van der Waals surface area contributed by atoms with Crippen molar-refractivity contribution in [2.45, 2.75) is 103 Å². The first-order valence-electron chi connectivity index (χ1n) is 8.98. The van der Waals surface area contributed by atoms with E-state index in [1.807, 2.05) is 0 Å². The lowest BCUT2D eigenvalue weighted by Crippen LogP contribution is -2.21. The van der Waals surface area contributed by atoms with Gasteiger partial charge in [0.25, 0.3) is 0 Å². The van der Waals surface area contributed by atoms with Gasteiger partial charge < -0.3 is 9.84 Å². The molecule has 21 heavy (non-hydrogen) atoms. The molecule has 0 aromatic heterocycles. The van der Waals surface area contributed by atoms with Crippen LogP contribution in [0.4, 0.5) is 0 Å². The Morgan fingerprint density at radius 3 is 1.52 bits per heavy atom. The molecule has 0 rings (SSSR count). The molecule has 0 aliphatic carbocycles. The summed E-state index contributed by atoms with van der Waals surface area (Å²) in [5.74, 6) is -0.837. The van der Waals surface area contributed by atoms with Gasteiger partial charge in [-0.3, -0.25) is 0 Å². The van der Waals surface area contributed by atoms with Crippen LogP contribution in [0.1, 0.15) is 96.8 Å². The summed E-state index contributed by atoms with van der Waals surface area (Å²) in [6.07, 6.45) is 17.1. The Balaban J connectivity index is 3.14. The molecule has 0 spiro atoms. The van der Waals surface area contributed by atoms with Gasteiger partial charge in [-0.25, -0.2) is 4.79 Å². The van der Waals surface area contributed by atoms with E-state index in [0.717, 1.165) is 12.8 Å². The molecule has 0 aromatic carbocycles. The average Bonchev–Trinajstić information content (AvgIpc) is 2.47. The van der Waals surface area contributed by atoms with Gasteiger partial charge in [0.1, 0.15) is 0 Å². The molecule has 126 valence electrons. The third kappa shape index (κ3) is 14.1. The molecule has 0 aliphatic heterocycles. The van der Waals surface area contributed by atoms with Gasteiger partial charge in [-0.2, -0.15) is 0 Å². The number of carbonyl (C=O) groups is 1. The standard InChI is InChI=1S/C18H36O3/c1-3-4-5-6-7-8-9-10-11-12-13-14-15-16-17(21-2)18(19)20/h17H,3-16H2,1-2H3,(H,19,20)/t17-/m1/s1. The van der Waals surface area contributed by atoms with Crippen LogP contribution < -0.4 is 0 Å². The van der Waals surface area contributed by atoms with Crippen LogP contribution in [0.2, 0.25) is 0 Å². The van der Waals surface area contributed by atoms with Gasteiger partial charge in [-0.15, -0.1) is 0 Å². The second kappa shape index (κ2) is 15.8. The van der Waals surface area contributed by atoms with Crippen LogP contribution in [-0.2, 0) is 9.53 Å². The van der Waals surface area contributed by atoms with E-state index in [1.165, 1.54) is 77.7 Å². The molecular weight excluding hydrogens is 264 g/mol. The highest BCUT2D eigenvalue weighted by Gasteiger charge is 2.14. The van der Waals surface area contributed by atoms with E-state index in [0.29, 0.717) is 6.42 Å². The maximum Gasteiger partial charge on any atom is 0.332 e. The first-order valence-corrected chi connectivity index (χ1v) is 8.98. The second-order valence-corrected chi connectivity index (χ2v) is 6.09. The van der Waals surface area contributed by atoms with Gasteiger partial charge in [-0.1, -0.05) is 90.4 Å². The molecule has 0 aromatic rings. The minimum absolute atomic E-state index is 0.613. The van der Waals surface area contributed by atoms with E-state index < -0.39 is 12.1 Å². The van der Waals surface area contributed by atoms with Crippen LogP contribution in [0.25, 0.3) is 0 Å². The fourth-order valence-electron chi connectivity index (χ4n) is 2.69. The molecule has 0 aliphatic rings. The molecule has 0 saturated carbocycles. The molecule has 0 heterocycles. The van der Waals surface area contributed by atoms with Crippen LogP contribution in [0, 0.1) is 0 Å². The Kier molecular flexibility index (Phi) is 15.4. The molecule has 3 heteroatoms. The number of rotatable bonds is 16. The van der Waals surface area contributed by atoms with Crippen LogP contribution in [0.3, 0.4) is 0 Å². The predicted molar refractivity (Wildman–Crippen MR) is 88.7 cm³/mol. The van der Waals surface area contributed by atoms with E-state index in [-0.39, 0.29) is 0 Å². The highest BCUT2D eigenvalue weighted by atomic mass is 16.5. The van der Waals surface area contributed by atoms with E-state index in [2.05, 4.69) is 6.92 Å². The third-order valence-electron chi connectivity index (χ3n) is 4.13. The first-order chi connectivity index (χ1) is 10.2. The average molecular weight is 300 g/mol. The van der Waals surface area contributed by atoms with Gasteiger partial charge in [-0.05, 0) is 6.42 Å². The largest absolute Gasteiger partial charge is 0.479 e. The van der Waals surface area contributed by atoms with Crippen LogP contribution in [0.15, 0.2) is 0 Å². The van der Waals surface area contributed by atoms with E-state index >= 15 is 0 Å². The highest BCUT2D eigenvalue weighted by molar-refractivity contribution is 5.72. The fraction of sp³-hybridized carbons (Fsp3) is 0.944. The maximum atomic E-state index is 10.8. The maximum absolute atomic E-state index is 10.8. The zero-order valence-corrected chi connectivity index (χ0v) is 14.2. The number of carboxylic acid groups (broad SMARTS) is 1. The number of carboxylic acids is 1. The Hall–Kier alpha value is -0.570. The molecule has 1 atom stereocenters. The topological polar surface area (TPSA) is 46.5 Å². The van der Waals surface area contributed by atoms with Crippen molar-refractivity contribution in [2.24, 2.45) is 0 Å². The molecule has 1 N–H and O–H groups in total. The summed E-state index contributed by atoms with van der Waals surface area (Å²) in [6.45, 7) is 2.26. The summed E-state index contributed by atoms with van der Waals surface area (Å²) in [5, 5.41) is 8.84. The monoisotopic (exact) mass is 300 g/mol. The van der Waals surface area contributed by atoms with Crippen molar-refractivity contribution in [3.63, 3.8) is 0 Å². The summed E-state index contributed by atoms with van der Waals surface area (Å²) in [7, 11) is 1.47. The molecule has 0 bridgehead atoms. The van der Waals surface area contributed by atoms with E-state index in [9.17, 15) is 4.79 Å². The Morgan fingerprint density at radius 1 is 0.810 bits per heavy atom. The Morgan fingerprint density at radius 2 is 1.19 bits per heavy atom. The van der Waals surface area contributed by atoms with Crippen molar-refractivity contribution in [3.8, 4) is 0 Å². The summed E-state index contributed by atoms with van der Waals surface area (Å²) < 4.78 is 4.92. The zero-order valence-electron chi connectivity index (χ0n) is 14.2. The van der Waals surface area contributed by atoms with Gasteiger partial charge in [0.05, 0.1) is 0 Å². The van der Waals surface area contributed by atoms with Gasteiger partial charge in [0.2, 0.25) is 0 Å². The number of hydrogen-bond donors (Lipinski definition) is 1. The predicted octanol–water partition coefficient (Wildman–Crippen LogP) is 5.57. The quantitative estimate of drug-likeness (QED) is 0.379. The van der Waals surface area contributed by atoms with Crippen molar-refractivity contribution in [1.29, 1.82) is 0 Å². The van der Waals surface area contributed by atoms with Crippen molar-refractivity contribution in [3.05, 3.63) is 0 Å². The summed E-state index contributed by atoms with van der Waals surface area (Å²) >= 11 is 0. The van der Waals surface area contributed by atoms with Crippen LogP contribution in [0.5, 0.6) is 0 Å². The molecule has 0 unspecified atom stereocenters. The second-order valence-electron chi connectivity index (χ2n) is 6.09. The minimum atomic E-state index is -0.837. The lowest BCUT2D eigenvalue weighted by molar-refractivity contribution is -0.148. The lowest BCUT2D eigenvalue weighted by atomic mass is 10.0. The molecule has 0 radical (unpaired) electrons. The summed E-state index contributed by atoms with van der Waals surface area (Å²) in [6, 6.07) is 0. The Labute approximate surface area is 131 Å². The van der Waals surface area contributed by atoms with Crippen LogP contribution in [-0.4, -0.2) is 24.3 Å². The van der Waals surface area contributed by atoms with Gasteiger partial charge in [0, 0.05) is 7.11 Å². The van der Waals surface area contributed by atoms with Crippen LogP contribution >= 0.6 is 0 Å². The van der Waals surface area contributed by atoms with E-state index in [1.54, 1.807) is 0 Å². The number of ether oxygens (including phenoxy) is 1. The molecule has 3 nitrogen and oxygen atoms in total. The van der Waals surface area contributed by atoms with Crippen molar-refractivity contribution in [1.82, 2.24) is 0 Å².